The Morgan fingerprint density at radius 2 is 1.88 bits per heavy atom. The van der Waals surface area contributed by atoms with E-state index in [0.717, 1.165) is 0 Å². The molecule has 0 unspecified atom stereocenters. The first-order valence-electron chi connectivity index (χ1n) is 7.99. The van der Waals surface area contributed by atoms with Crippen LogP contribution in [0.15, 0.2) is 18.2 Å². The van der Waals surface area contributed by atoms with Crippen molar-refractivity contribution in [2.45, 2.75) is 31.7 Å². The summed E-state index contributed by atoms with van der Waals surface area (Å²) in [6.07, 6.45) is 2.40. The van der Waals surface area contributed by atoms with Crippen molar-refractivity contribution in [1.82, 2.24) is 5.32 Å². The van der Waals surface area contributed by atoms with E-state index in [1.54, 1.807) is 13.2 Å². The van der Waals surface area contributed by atoms with E-state index in [9.17, 15) is 14.7 Å². The standard InChI is InChI=1S/C17H23NO6/c1-23-6-7-24-15-9-12(8-14(19)10-15)16(20)18-13-4-2-11(3-5-13)17(21)22/h8-11,13,19H,2-7H2,1H3,(H,18,20)(H,21,22). The number of carboxylic acid groups (broad SMARTS) is 1. The van der Waals surface area contributed by atoms with Gasteiger partial charge in [-0.05, 0) is 37.8 Å². The first kappa shape index (κ1) is 18.1. The number of carbonyl (C=O) groups is 2. The van der Waals surface area contributed by atoms with E-state index in [0.29, 0.717) is 50.2 Å². The van der Waals surface area contributed by atoms with Crippen LogP contribution in [0.1, 0.15) is 36.0 Å². The number of aromatic hydroxyl groups is 1. The summed E-state index contributed by atoms with van der Waals surface area (Å²) in [4.78, 5) is 23.3. The van der Waals surface area contributed by atoms with Crippen molar-refractivity contribution in [2.75, 3.05) is 20.3 Å². The summed E-state index contributed by atoms with van der Waals surface area (Å²) in [5.74, 6) is -1.05. The van der Waals surface area contributed by atoms with Crippen molar-refractivity contribution < 1.29 is 29.3 Å². The zero-order valence-corrected chi connectivity index (χ0v) is 13.7. The Morgan fingerprint density at radius 1 is 1.17 bits per heavy atom. The van der Waals surface area contributed by atoms with Gasteiger partial charge < -0.3 is 25.0 Å². The highest BCUT2D eigenvalue weighted by molar-refractivity contribution is 5.95. The second-order valence-corrected chi connectivity index (χ2v) is 5.92. The first-order valence-corrected chi connectivity index (χ1v) is 7.99. The summed E-state index contributed by atoms with van der Waals surface area (Å²) in [6, 6.07) is 4.33. The number of benzene rings is 1. The molecule has 0 atom stereocenters. The number of carbonyl (C=O) groups excluding carboxylic acids is 1. The fourth-order valence-corrected chi connectivity index (χ4v) is 2.79. The predicted molar refractivity (Wildman–Crippen MR) is 86.3 cm³/mol. The number of carboxylic acids is 1. The molecule has 1 fully saturated rings. The third kappa shape index (κ3) is 5.13. The molecule has 0 spiro atoms. The molecule has 7 nitrogen and oxygen atoms in total. The molecule has 0 radical (unpaired) electrons. The Balaban J connectivity index is 1.93. The van der Waals surface area contributed by atoms with Gasteiger partial charge in [0.1, 0.15) is 18.1 Å². The van der Waals surface area contributed by atoms with E-state index in [1.807, 2.05) is 0 Å². The van der Waals surface area contributed by atoms with E-state index in [2.05, 4.69) is 5.32 Å². The second-order valence-electron chi connectivity index (χ2n) is 5.92. The van der Waals surface area contributed by atoms with Crippen LogP contribution in [-0.2, 0) is 9.53 Å². The minimum absolute atomic E-state index is 0.0479. The largest absolute Gasteiger partial charge is 0.508 e. The number of nitrogens with one attached hydrogen (secondary N) is 1. The topological polar surface area (TPSA) is 105 Å². The second kappa shape index (κ2) is 8.54. The van der Waals surface area contributed by atoms with Gasteiger partial charge >= 0.3 is 5.97 Å². The molecule has 1 aromatic rings. The number of aliphatic carboxylic acids is 1. The van der Waals surface area contributed by atoms with Crippen molar-refractivity contribution in [3.05, 3.63) is 23.8 Å². The van der Waals surface area contributed by atoms with Gasteiger partial charge in [-0.2, -0.15) is 0 Å². The van der Waals surface area contributed by atoms with Crippen molar-refractivity contribution in [3.8, 4) is 11.5 Å². The van der Waals surface area contributed by atoms with Gasteiger partial charge in [-0.25, -0.2) is 0 Å². The van der Waals surface area contributed by atoms with Crippen LogP contribution in [0.25, 0.3) is 0 Å². The number of hydrogen-bond donors (Lipinski definition) is 3. The summed E-state index contributed by atoms with van der Waals surface area (Å²) < 4.78 is 10.3. The lowest BCUT2D eigenvalue weighted by Crippen LogP contribution is -2.38. The summed E-state index contributed by atoms with van der Waals surface area (Å²) in [6.45, 7) is 0.726. The zero-order valence-electron chi connectivity index (χ0n) is 13.7. The quantitative estimate of drug-likeness (QED) is 0.655. The maximum absolute atomic E-state index is 12.3. The Labute approximate surface area is 140 Å². The number of ether oxygens (including phenoxy) is 2. The lowest BCUT2D eigenvalue weighted by molar-refractivity contribution is -0.142. The average molecular weight is 337 g/mol. The molecule has 1 amide bonds. The van der Waals surface area contributed by atoms with E-state index in [-0.39, 0.29) is 23.6 Å². The summed E-state index contributed by atoms with van der Waals surface area (Å²) in [7, 11) is 1.56. The molecular weight excluding hydrogens is 314 g/mol. The Morgan fingerprint density at radius 3 is 2.50 bits per heavy atom. The number of phenolic OH excluding ortho intramolecular Hbond substituents is 1. The molecule has 24 heavy (non-hydrogen) atoms. The molecule has 2 rings (SSSR count). The normalized spacial score (nSPS) is 20.4. The van der Waals surface area contributed by atoms with E-state index in [1.165, 1.54) is 12.1 Å². The monoisotopic (exact) mass is 337 g/mol. The van der Waals surface area contributed by atoms with E-state index >= 15 is 0 Å². The van der Waals surface area contributed by atoms with Crippen molar-refractivity contribution in [1.29, 1.82) is 0 Å². The maximum atomic E-state index is 12.3. The molecule has 0 aliphatic heterocycles. The molecule has 0 bridgehead atoms. The van der Waals surface area contributed by atoms with Gasteiger partial charge in [0.2, 0.25) is 0 Å². The molecular formula is C17H23NO6. The Kier molecular flexibility index (Phi) is 6.43. The highest BCUT2D eigenvalue weighted by Crippen LogP contribution is 2.26. The van der Waals surface area contributed by atoms with Gasteiger partial charge in [0, 0.05) is 24.8 Å². The highest BCUT2D eigenvalue weighted by atomic mass is 16.5. The Hall–Kier alpha value is -2.28. The number of methoxy groups -OCH3 is 1. The maximum Gasteiger partial charge on any atom is 0.306 e. The molecule has 0 aromatic heterocycles. The van der Waals surface area contributed by atoms with Gasteiger partial charge in [0.15, 0.2) is 0 Å². The lowest BCUT2D eigenvalue weighted by Gasteiger charge is -2.26. The van der Waals surface area contributed by atoms with E-state index in [4.69, 9.17) is 14.6 Å². The van der Waals surface area contributed by atoms with Crippen LogP contribution in [-0.4, -0.2) is 48.5 Å². The van der Waals surface area contributed by atoms with Crippen LogP contribution in [0.5, 0.6) is 11.5 Å². The molecule has 1 aromatic carbocycles. The van der Waals surface area contributed by atoms with Crippen LogP contribution < -0.4 is 10.1 Å². The Bertz CT molecular complexity index is 580. The summed E-state index contributed by atoms with van der Waals surface area (Å²) >= 11 is 0. The molecule has 1 saturated carbocycles. The SMILES string of the molecule is COCCOc1cc(O)cc(C(=O)NC2CCC(C(=O)O)CC2)c1. The van der Waals surface area contributed by atoms with Crippen molar-refractivity contribution >= 4 is 11.9 Å². The van der Waals surface area contributed by atoms with Crippen molar-refractivity contribution in [2.24, 2.45) is 5.92 Å². The van der Waals surface area contributed by atoms with Crippen LogP contribution >= 0.6 is 0 Å². The molecule has 132 valence electrons. The first-order chi connectivity index (χ1) is 11.5. The molecule has 1 aliphatic carbocycles. The molecule has 7 heteroatoms. The molecule has 3 N–H and O–H groups in total. The fraction of sp³-hybridized carbons (Fsp3) is 0.529. The average Bonchev–Trinajstić information content (AvgIpc) is 2.55. The lowest BCUT2D eigenvalue weighted by atomic mass is 9.86. The third-order valence-electron chi connectivity index (χ3n) is 4.12. The predicted octanol–water partition coefficient (Wildman–Crippen LogP) is 1.79. The highest BCUT2D eigenvalue weighted by Gasteiger charge is 2.27. The zero-order chi connectivity index (χ0) is 17.5. The molecule has 1 aliphatic rings. The third-order valence-corrected chi connectivity index (χ3v) is 4.12. The smallest absolute Gasteiger partial charge is 0.306 e. The molecule has 0 heterocycles. The minimum atomic E-state index is -0.773. The van der Waals surface area contributed by atoms with Crippen LogP contribution in [0.3, 0.4) is 0 Å². The molecule has 0 saturated heterocycles. The number of amides is 1. The summed E-state index contributed by atoms with van der Waals surface area (Å²) in [5, 5.41) is 21.6. The number of hydrogen-bond acceptors (Lipinski definition) is 5. The number of rotatable bonds is 7. The van der Waals surface area contributed by atoms with Crippen LogP contribution in [0.4, 0.5) is 0 Å². The van der Waals surface area contributed by atoms with Gasteiger partial charge in [-0.3, -0.25) is 9.59 Å². The summed E-state index contributed by atoms with van der Waals surface area (Å²) in [5.41, 5.74) is 0.308. The minimum Gasteiger partial charge on any atom is -0.508 e. The van der Waals surface area contributed by atoms with Gasteiger partial charge in [0.25, 0.3) is 5.91 Å². The van der Waals surface area contributed by atoms with Gasteiger partial charge in [-0.1, -0.05) is 0 Å². The van der Waals surface area contributed by atoms with Crippen LogP contribution in [0, 0.1) is 5.92 Å². The number of phenols is 1. The van der Waals surface area contributed by atoms with E-state index < -0.39 is 5.97 Å². The van der Waals surface area contributed by atoms with Crippen LogP contribution in [0.2, 0.25) is 0 Å². The fourth-order valence-electron chi connectivity index (χ4n) is 2.79. The van der Waals surface area contributed by atoms with Gasteiger partial charge in [0.05, 0.1) is 12.5 Å². The van der Waals surface area contributed by atoms with Crippen molar-refractivity contribution in [3.63, 3.8) is 0 Å². The van der Waals surface area contributed by atoms with Gasteiger partial charge in [-0.15, -0.1) is 0 Å².